The summed E-state index contributed by atoms with van der Waals surface area (Å²) in [5.41, 5.74) is 2.81. The minimum atomic E-state index is -0.176. The Balaban J connectivity index is 1.94. The maximum absolute atomic E-state index is 12.7. The van der Waals surface area contributed by atoms with Crippen LogP contribution in [0.5, 0.6) is 11.5 Å². The zero-order chi connectivity index (χ0) is 18.3. The Kier molecular flexibility index (Phi) is 3.92. The van der Waals surface area contributed by atoms with Crippen LogP contribution in [0.3, 0.4) is 0 Å². The van der Waals surface area contributed by atoms with Gasteiger partial charge in [-0.1, -0.05) is 29.8 Å². The predicted octanol–water partition coefficient (Wildman–Crippen LogP) is 4.74. The summed E-state index contributed by atoms with van der Waals surface area (Å²) in [5, 5.41) is 1.03. The summed E-state index contributed by atoms with van der Waals surface area (Å²) in [6, 6.07) is 11.3. The first-order valence-electron chi connectivity index (χ1n) is 8.28. The van der Waals surface area contributed by atoms with Gasteiger partial charge in [-0.15, -0.1) is 0 Å². The third-order valence-electron chi connectivity index (χ3n) is 4.29. The molecule has 0 amide bonds. The van der Waals surface area contributed by atoms with E-state index in [9.17, 15) is 4.79 Å². The molecule has 5 nitrogen and oxygen atoms in total. The highest BCUT2D eigenvalue weighted by molar-refractivity contribution is 6.06. The molecular formula is C21H18O5. The first kappa shape index (κ1) is 16.3. The molecule has 2 aromatic carbocycles. The number of rotatable bonds is 4. The average molecular weight is 350 g/mol. The summed E-state index contributed by atoms with van der Waals surface area (Å²) in [5.74, 6) is 1.33. The fraction of sp³-hybridized carbons (Fsp3) is 0.190. The molecule has 0 unspecified atom stereocenters. The molecule has 0 bridgehead atoms. The Labute approximate surface area is 149 Å². The van der Waals surface area contributed by atoms with E-state index >= 15 is 0 Å². The third-order valence-corrected chi connectivity index (χ3v) is 4.29. The van der Waals surface area contributed by atoms with Gasteiger partial charge in [-0.25, -0.2) is 0 Å². The maximum atomic E-state index is 12.7. The lowest BCUT2D eigenvalue weighted by atomic mass is 10.1. The molecule has 0 atom stereocenters. The lowest BCUT2D eigenvalue weighted by Crippen LogP contribution is -2.06. The van der Waals surface area contributed by atoms with Crippen molar-refractivity contribution in [3.8, 4) is 11.5 Å². The van der Waals surface area contributed by atoms with E-state index in [0.29, 0.717) is 45.8 Å². The molecule has 0 N–H and O–H groups in total. The van der Waals surface area contributed by atoms with E-state index < -0.39 is 0 Å². The van der Waals surface area contributed by atoms with Gasteiger partial charge in [0.2, 0.25) is 5.75 Å². The Morgan fingerprint density at radius 3 is 2.65 bits per heavy atom. The van der Waals surface area contributed by atoms with Gasteiger partial charge in [0.05, 0.1) is 18.8 Å². The van der Waals surface area contributed by atoms with Crippen molar-refractivity contribution in [3.63, 3.8) is 0 Å². The molecule has 0 fully saturated rings. The van der Waals surface area contributed by atoms with Gasteiger partial charge in [0, 0.05) is 6.07 Å². The van der Waals surface area contributed by atoms with Crippen LogP contribution in [0, 0.1) is 13.8 Å². The second kappa shape index (κ2) is 6.26. The fourth-order valence-corrected chi connectivity index (χ4v) is 3.18. The number of hydrogen-bond acceptors (Lipinski definition) is 5. The molecule has 0 aliphatic rings. The van der Waals surface area contributed by atoms with Gasteiger partial charge >= 0.3 is 0 Å². The number of hydrogen-bond donors (Lipinski definition) is 0. The predicted molar refractivity (Wildman–Crippen MR) is 99.1 cm³/mol. The summed E-state index contributed by atoms with van der Waals surface area (Å²) in [6.45, 7) is 4.08. The summed E-state index contributed by atoms with van der Waals surface area (Å²) in [6.07, 6.45) is 1.54. The number of methoxy groups -OCH3 is 1. The van der Waals surface area contributed by atoms with E-state index in [4.69, 9.17) is 18.3 Å². The summed E-state index contributed by atoms with van der Waals surface area (Å²) >= 11 is 0. The van der Waals surface area contributed by atoms with Crippen LogP contribution in [0.25, 0.3) is 21.9 Å². The Hall–Kier alpha value is -3.21. The minimum absolute atomic E-state index is 0.176. The summed E-state index contributed by atoms with van der Waals surface area (Å²) in [7, 11) is 1.52. The van der Waals surface area contributed by atoms with Gasteiger partial charge in [0.25, 0.3) is 0 Å². The molecule has 4 rings (SSSR count). The van der Waals surface area contributed by atoms with E-state index in [1.165, 1.54) is 13.2 Å². The van der Waals surface area contributed by atoms with Gasteiger partial charge in [0.1, 0.15) is 23.5 Å². The smallest absolute Gasteiger partial charge is 0.206 e. The van der Waals surface area contributed by atoms with Crippen LogP contribution < -0.4 is 14.9 Å². The lowest BCUT2D eigenvalue weighted by molar-refractivity contribution is 0.312. The highest BCUT2D eigenvalue weighted by Gasteiger charge is 2.22. The third kappa shape index (κ3) is 2.62. The van der Waals surface area contributed by atoms with Crippen molar-refractivity contribution < 1.29 is 18.3 Å². The van der Waals surface area contributed by atoms with Crippen LogP contribution in [0.4, 0.5) is 0 Å². The molecule has 5 heteroatoms. The topological polar surface area (TPSA) is 61.8 Å². The zero-order valence-electron chi connectivity index (χ0n) is 14.8. The number of fused-ring (bicyclic) bond motifs is 2. The molecule has 132 valence electrons. The van der Waals surface area contributed by atoms with Gasteiger partial charge in [0.15, 0.2) is 16.6 Å². The quantitative estimate of drug-likeness (QED) is 0.532. The van der Waals surface area contributed by atoms with Crippen LogP contribution >= 0.6 is 0 Å². The van der Waals surface area contributed by atoms with Crippen molar-refractivity contribution in [1.82, 2.24) is 0 Å². The van der Waals surface area contributed by atoms with Crippen molar-refractivity contribution in [3.05, 3.63) is 69.8 Å². The second-order valence-electron chi connectivity index (χ2n) is 6.23. The van der Waals surface area contributed by atoms with Gasteiger partial charge in [-0.3, -0.25) is 4.79 Å². The normalized spacial score (nSPS) is 11.2. The van der Waals surface area contributed by atoms with E-state index in [2.05, 4.69) is 0 Å². The van der Waals surface area contributed by atoms with Gasteiger partial charge in [-0.2, -0.15) is 0 Å². The van der Waals surface area contributed by atoms with Crippen LogP contribution in [-0.2, 0) is 6.61 Å². The molecule has 0 radical (unpaired) electrons. The molecule has 0 aliphatic carbocycles. The van der Waals surface area contributed by atoms with Crippen LogP contribution in [-0.4, -0.2) is 7.11 Å². The van der Waals surface area contributed by atoms with Gasteiger partial charge in [-0.05, 0) is 25.5 Å². The molecule has 0 spiro atoms. The summed E-state index contributed by atoms with van der Waals surface area (Å²) < 4.78 is 22.9. The fourth-order valence-electron chi connectivity index (χ4n) is 3.18. The first-order chi connectivity index (χ1) is 12.6. The van der Waals surface area contributed by atoms with Crippen molar-refractivity contribution in [1.29, 1.82) is 0 Å². The van der Waals surface area contributed by atoms with E-state index in [0.717, 1.165) is 11.1 Å². The van der Waals surface area contributed by atoms with E-state index in [1.807, 2.05) is 31.2 Å². The van der Waals surface area contributed by atoms with Crippen molar-refractivity contribution in [2.45, 2.75) is 20.5 Å². The average Bonchev–Trinajstić information content (AvgIpc) is 3.08. The SMILES string of the molecule is COc1c2occc2c(OCc2cccc(C)c2)c2c(=O)cc(C)oc12. The monoisotopic (exact) mass is 350 g/mol. The van der Waals surface area contributed by atoms with E-state index in [1.54, 1.807) is 19.3 Å². The Morgan fingerprint density at radius 1 is 1.04 bits per heavy atom. The van der Waals surface area contributed by atoms with Gasteiger partial charge < -0.3 is 18.3 Å². The molecular weight excluding hydrogens is 332 g/mol. The van der Waals surface area contributed by atoms with Crippen LogP contribution in [0.1, 0.15) is 16.9 Å². The largest absolute Gasteiger partial charge is 0.490 e. The molecule has 4 aromatic rings. The number of furan rings is 1. The number of aryl methyl sites for hydroxylation is 2. The number of benzene rings is 2. The maximum Gasteiger partial charge on any atom is 0.206 e. The van der Waals surface area contributed by atoms with Crippen molar-refractivity contribution in [2.24, 2.45) is 0 Å². The first-order valence-corrected chi connectivity index (χ1v) is 8.28. The molecule has 2 aromatic heterocycles. The van der Waals surface area contributed by atoms with Crippen LogP contribution in [0.15, 0.2) is 56.3 Å². The highest BCUT2D eigenvalue weighted by atomic mass is 16.5. The summed E-state index contributed by atoms with van der Waals surface area (Å²) in [4.78, 5) is 12.7. The van der Waals surface area contributed by atoms with Crippen molar-refractivity contribution >= 4 is 21.9 Å². The van der Waals surface area contributed by atoms with Crippen molar-refractivity contribution in [2.75, 3.05) is 7.11 Å². The Morgan fingerprint density at radius 2 is 1.88 bits per heavy atom. The second-order valence-corrected chi connectivity index (χ2v) is 6.23. The molecule has 0 aliphatic heterocycles. The number of ether oxygens (including phenoxy) is 2. The molecule has 0 saturated heterocycles. The zero-order valence-corrected chi connectivity index (χ0v) is 14.8. The lowest BCUT2D eigenvalue weighted by Gasteiger charge is -2.13. The van der Waals surface area contributed by atoms with Crippen LogP contribution in [0.2, 0.25) is 0 Å². The molecule has 26 heavy (non-hydrogen) atoms. The van der Waals surface area contributed by atoms with E-state index in [-0.39, 0.29) is 5.43 Å². The minimum Gasteiger partial charge on any atom is -0.490 e. The molecule has 0 saturated carbocycles. The Bertz CT molecular complexity index is 1170. The molecule has 2 heterocycles. The standard InChI is InChI=1S/C21H18O5/c1-12-5-4-6-14(9-12)11-25-18-15-7-8-24-19(15)21(23-3)20-17(18)16(22)10-13(2)26-20/h4-10H,11H2,1-3H3. The highest BCUT2D eigenvalue weighted by Crippen LogP contribution is 2.42.